The molecule has 0 aliphatic carbocycles. The van der Waals surface area contributed by atoms with Gasteiger partial charge in [0.15, 0.2) is 0 Å². The second-order valence-electron chi connectivity index (χ2n) is 4.92. The lowest BCUT2D eigenvalue weighted by Crippen LogP contribution is -2.20. The Hall–Kier alpha value is -1.81. The molecule has 0 spiro atoms. The van der Waals surface area contributed by atoms with Crippen LogP contribution in [0.5, 0.6) is 5.75 Å². The van der Waals surface area contributed by atoms with Crippen LogP contribution in [0.15, 0.2) is 36.2 Å². The monoisotopic (exact) mass is 312 g/mol. The Labute approximate surface area is 123 Å². The quantitative estimate of drug-likeness (QED) is 0.555. The maximum Gasteiger partial charge on any atom is 0.654 e. The maximum absolute atomic E-state index is 11.5. The molecule has 4 rings (SSSR count). The largest absolute Gasteiger partial charge is 0.654 e. The highest BCUT2D eigenvalue weighted by Gasteiger charge is 2.58. The standard InChI is InChI=1S/C14H17O6P/c1-3-4-5-12(16-11-8-6-10(2)7-9-11)17-13-14-19-21(15,18-13)20-14/h6-9,12H,3-5H2,1-2H3. The average Bonchev–Trinajstić information content (AvgIpc) is 2.90. The molecule has 21 heavy (non-hydrogen) atoms. The van der Waals surface area contributed by atoms with Crippen LogP contribution in [0.25, 0.3) is 0 Å². The van der Waals surface area contributed by atoms with Crippen LogP contribution >= 0.6 is 7.82 Å². The first kappa shape index (κ1) is 14.1. The summed E-state index contributed by atoms with van der Waals surface area (Å²) in [6.07, 6.45) is 2.07. The summed E-state index contributed by atoms with van der Waals surface area (Å²) in [6, 6.07) is 7.67. The van der Waals surface area contributed by atoms with Crippen molar-refractivity contribution in [2.24, 2.45) is 0 Å². The topological polar surface area (TPSA) is 63.2 Å². The van der Waals surface area contributed by atoms with Gasteiger partial charge >= 0.3 is 19.7 Å². The van der Waals surface area contributed by atoms with E-state index >= 15 is 0 Å². The van der Waals surface area contributed by atoms with Crippen LogP contribution in [0.4, 0.5) is 0 Å². The number of fused-ring (bicyclic) bond motifs is 1. The average molecular weight is 312 g/mol. The summed E-state index contributed by atoms with van der Waals surface area (Å²) < 4.78 is 37.5. The third-order valence-electron chi connectivity index (χ3n) is 3.07. The smallest absolute Gasteiger partial charge is 0.455 e. The van der Waals surface area contributed by atoms with E-state index in [1.807, 2.05) is 31.2 Å². The van der Waals surface area contributed by atoms with Crippen molar-refractivity contribution in [3.05, 3.63) is 41.7 Å². The van der Waals surface area contributed by atoms with Gasteiger partial charge in [0.2, 0.25) is 6.29 Å². The number of hydrogen-bond acceptors (Lipinski definition) is 6. The van der Waals surface area contributed by atoms with E-state index < -0.39 is 14.1 Å². The number of unbranched alkanes of at least 4 members (excludes halogenated alkanes) is 1. The Bertz CT molecular complexity index is 582. The van der Waals surface area contributed by atoms with Crippen molar-refractivity contribution in [1.29, 1.82) is 0 Å². The van der Waals surface area contributed by atoms with Crippen LogP contribution in [0.2, 0.25) is 0 Å². The highest BCUT2D eigenvalue weighted by Crippen LogP contribution is 2.70. The van der Waals surface area contributed by atoms with Crippen LogP contribution in [0.1, 0.15) is 31.7 Å². The molecule has 1 aromatic rings. The maximum atomic E-state index is 11.5. The van der Waals surface area contributed by atoms with Crippen molar-refractivity contribution < 1.29 is 27.6 Å². The van der Waals surface area contributed by atoms with Crippen molar-refractivity contribution in [3.63, 3.8) is 0 Å². The summed E-state index contributed by atoms with van der Waals surface area (Å²) in [5, 5.41) is 0. The summed E-state index contributed by atoms with van der Waals surface area (Å²) in [4.78, 5) is 0. The molecule has 1 saturated heterocycles. The lowest BCUT2D eigenvalue weighted by atomic mass is 10.2. The molecule has 0 radical (unpaired) electrons. The van der Waals surface area contributed by atoms with Crippen LogP contribution in [0, 0.1) is 6.92 Å². The highest BCUT2D eigenvalue weighted by atomic mass is 31.2. The molecular weight excluding hydrogens is 295 g/mol. The molecule has 2 bridgehead atoms. The Morgan fingerprint density at radius 3 is 2.43 bits per heavy atom. The van der Waals surface area contributed by atoms with E-state index in [1.54, 1.807) is 0 Å². The van der Waals surface area contributed by atoms with Gasteiger partial charge in [-0.05, 0) is 25.5 Å². The zero-order chi connectivity index (χ0) is 14.9. The van der Waals surface area contributed by atoms with Gasteiger partial charge in [-0.3, -0.25) is 0 Å². The van der Waals surface area contributed by atoms with Crippen molar-refractivity contribution in [1.82, 2.24) is 0 Å². The Balaban J connectivity index is 1.65. The summed E-state index contributed by atoms with van der Waals surface area (Å²) >= 11 is 0. The lowest BCUT2D eigenvalue weighted by molar-refractivity contribution is -0.0802. The van der Waals surface area contributed by atoms with Crippen LogP contribution in [-0.4, -0.2) is 6.29 Å². The molecule has 0 saturated carbocycles. The van der Waals surface area contributed by atoms with Crippen LogP contribution < -0.4 is 4.74 Å². The van der Waals surface area contributed by atoms with E-state index in [9.17, 15) is 4.57 Å². The third-order valence-corrected chi connectivity index (χ3v) is 4.24. The van der Waals surface area contributed by atoms with E-state index in [-0.39, 0.29) is 11.9 Å². The molecule has 0 amide bonds. The first-order valence-electron chi connectivity index (χ1n) is 6.91. The van der Waals surface area contributed by atoms with Gasteiger partial charge in [-0.1, -0.05) is 31.0 Å². The van der Waals surface area contributed by atoms with Crippen molar-refractivity contribution in [3.8, 4) is 5.75 Å². The van der Waals surface area contributed by atoms with Gasteiger partial charge < -0.3 is 23.0 Å². The summed E-state index contributed by atoms with van der Waals surface area (Å²) in [6.45, 7) is 4.09. The molecular formula is C14H17O6P. The Morgan fingerprint density at radius 2 is 1.86 bits per heavy atom. The number of hydrogen-bond donors (Lipinski definition) is 0. The van der Waals surface area contributed by atoms with Gasteiger partial charge in [0.25, 0.3) is 0 Å². The molecule has 0 N–H and O–H groups in total. The fraction of sp³-hybridized carbons (Fsp3) is 0.429. The molecule has 3 aliphatic rings. The van der Waals surface area contributed by atoms with E-state index in [0.717, 1.165) is 18.4 Å². The van der Waals surface area contributed by atoms with Gasteiger partial charge in [0.05, 0.1) is 0 Å². The molecule has 6 nitrogen and oxygen atoms in total. The molecule has 0 aromatic heterocycles. The molecule has 1 fully saturated rings. The molecule has 7 heteroatoms. The van der Waals surface area contributed by atoms with Crippen LogP contribution in [-0.2, 0) is 22.9 Å². The molecule has 3 aliphatic heterocycles. The van der Waals surface area contributed by atoms with E-state index in [1.165, 1.54) is 0 Å². The molecule has 3 heterocycles. The van der Waals surface area contributed by atoms with Gasteiger partial charge in [-0.25, -0.2) is 0 Å². The summed E-state index contributed by atoms with van der Waals surface area (Å²) in [5.41, 5.74) is 1.15. The first-order chi connectivity index (χ1) is 10.1. The summed E-state index contributed by atoms with van der Waals surface area (Å²) in [5.74, 6) is 0.741. The van der Waals surface area contributed by atoms with Crippen LogP contribution in [0.3, 0.4) is 0 Å². The van der Waals surface area contributed by atoms with E-state index in [0.29, 0.717) is 12.2 Å². The fourth-order valence-corrected chi connectivity index (χ4v) is 2.90. The number of rotatable bonds is 7. The normalized spacial score (nSPS) is 19.0. The second kappa shape index (κ2) is 5.53. The minimum Gasteiger partial charge on any atom is -0.455 e. The number of phosphoric acid groups is 1. The Morgan fingerprint density at radius 1 is 1.14 bits per heavy atom. The zero-order valence-electron chi connectivity index (χ0n) is 11.9. The molecule has 114 valence electrons. The SMILES string of the molecule is CCCCC(OC1=C2OP(=O)(O1)O2)Oc1ccc(C)cc1. The fourth-order valence-electron chi connectivity index (χ4n) is 1.93. The van der Waals surface area contributed by atoms with E-state index in [2.05, 4.69) is 6.92 Å². The first-order valence-corrected chi connectivity index (χ1v) is 8.37. The van der Waals surface area contributed by atoms with Gasteiger partial charge in [-0.2, -0.15) is 4.57 Å². The van der Waals surface area contributed by atoms with Crippen molar-refractivity contribution in [2.45, 2.75) is 39.4 Å². The van der Waals surface area contributed by atoms with Gasteiger partial charge in [0, 0.05) is 6.42 Å². The predicted octanol–water partition coefficient (Wildman–Crippen LogP) is 4.22. The zero-order valence-corrected chi connectivity index (χ0v) is 12.8. The molecule has 1 aromatic carbocycles. The third kappa shape index (κ3) is 3.10. The number of benzene rings is 1. The number of aryl methyl sites for hydroxylation is 1. The van der Waals surface area contributed by atoms with E-state index in [4.69, 9.17) is 23.0 Å². The second-order valence-corrected chi connectivity index (χ2v) is 6.36. The number of ether oxygens (including phenoxy) is 2. The lowest BCUT2D eigenvalue weighted by Gasteiger charge is -2.19. The summed E-state index contributed by atoms with van der Waals surface area (Å²) in [7, 11) is -3.38. The minimum atomic E-state index is -3.38. The minimum absolute atomic E-state index is 0.00606. The molecule has 1 atom stereocenters. The predicted molar refractivity (Wildman–Crippen MR) is 74.1 cm³/mol. The van der Waals surface area contributed by atoms with Gasteiger partial charge in [0.1, 0.15) is 5.75 Å². The highest BCUT2D eigenvalue weighted by molar-refractivity contribution is 7.50. The Kier molecular flexibility index (Phi) is 3.72. The van der Waals surface area contributed by atoms with Gasteiger partial charge in [-0.15, -0.1) is 0 Å². The molecule has 1 unspecified atom stereocenters. The number of phosphoric ester groups is 1. The van der Waals surface area contributed by atoms with Crippen molar-refractivity contribution in [2.75, 3.05) is 0 Å². The van der Waals surface area contributed by atoms with Crippen molar-refractivity contribution >= 4 is 7.82 Å².